The van der Waals surface area contributed by atoms with Gasteiger partial charge in [0.25, 0.3) is 5.91 Å². The van der Waals surface area contributed by atoms with Crippen molar-refractivity contribution in [2.24, 2.45) is 0 Å². The minimum absolute atomic E-state index is 0.146. The standard InChI is InChI=1S/C14H16N2O3/c1-10(17)9-16-13(18)12(15-14(16)19)8-7-11-5-3-2-4-6-11/h2-6,12H,7-9H2,1H3,(H,15,19)/t12-/m0/s1. The highest BCUT2D eigenvalue weighted by atomic mass is 16.2. The van der Waals surface area contributed by atoms with E-state index < -0.39 is 12.1 Å². The summed E-state index contributed by atoms with van der Waals surface area (Å²) < 4.78 is 0. The Hall–Kier alpha value is -2.17. The minimum Gasteiger partial charge on any atom is -0.326 e. The Balaban J connectivity index is 1.94. The molecule has 1 N–H and O–H groups in total. The van der Waals surface area contributed by atoms with Gasteiger partial charge in [-0.2, -0.15) is 0 Å². The van der Waals surface area contributed by atoms with Gasteiger partial charge in [-0.3, -0.25) is 14.5 Å². The van der Waals surface area contributed by atoms with Crippen molar-refractivity contribution in [2.45, 2.75) is 25.8 Å². The number of amides is 3. The molecule has 2 rings (SSSR count). The molecule has 1 aromatic carbocycles. The Morgan fingerprint density at radius 3 is 2.58 bits per heavy atom. The van der Waals surface area contributed by atoms with E-state index >= 15 is 0 Å². The predicted molar refractivity (Wildman–Crippen MR) is 69.5 cm³/mol. The average Bonchev–Trinajstić information content (AvgIpc) is 2.65. The van der Waals surface area contributed by atoms with Crippen LogP contribution in [0, 0.1) is 0 Å². The summed E-state index contributed by atoms with van der Waals surface area (Å²) >= 11 is 0. The molecular weight excluding hydrogens is 244 g/mol. The number of rotatable bonds is 5. The molecule has 1 saturated heterocycles. The number of hydrogen-bond acceptors (Lipinski definition) is 3. The molecule has 5 nitrogen and oxygen atoms in total. The Morgan fingerprint density at radius 1 is 1.26 bits per heavy atom. The van der Waals surface area contributed by atoms with Crippen LogP contribution in [0.4, 0.5) is 4.79 Å². The number of carbonyl (C=O) groups excluding carboxylic acids is 3. The van der Waals surface area contributed by atoms with Gasteiger partial charge >= 0.3 is 6.03 Å². The zero-order valence-electron chi connectivity index (χ0n) is 10.8. The summed E-state index contributed by atoms with van der Waals surface area (Å²) in [6.07, 6.45) is 1.26. The third-order valence-electron chi connectivity index (χ3n) is 3.05. The first-order valence-electron chi connectivity index (χ1n) is 6.23. The number of hydrogen-bond donors (Lipinski definition) is 1. The molecule has 1 heterocycles. The summed E-state index contributed by atoms with van der Waals surface area (Å²) in [6, 6.07) is 8.77. The van der Waals surface area contributed by atoms with Gasteiger partial charge in [0.15, 0.2) is 0 Å². The van der Waals surface area contributed by atoms with Crippen molar-refractivity contribution in [2.75, 3.05) is 6.54 Å². The van der Waals surface area contributed by atoms with Crippen LogP contribution in [0.1, 0.15) is 18.9 Å². The smallest absolute Gasteiger partial charge is 0.325 e. The van der Waals surface area contributed by atoms with E-state index in [4.69, 9.17) is 0 Å². The van der Waals surface area contributed by atoms with E-state index in [9.17, 15) is 14.4 Å². The van der Waals surface area contributed by atoms with Crippen LogP contribution in [0.25, 0.3) is 0 Å². The lowest BCUT2D eigenvalue weighted by Gasteiger charge is -2.10. The highest BCUT2D eigenvalue weighted by molar-refractivity contribution is 6.06. The molecule has 19 heavy (non-hydrogen) atoms. The van der Waals surface area contributed by atoms with E-state index in [1.54, 1.807) is 0 Å². The van der Waals surface area contributed by atoms with Crippen LogP contribution in [-0.2, 0) is 16.0 Å². The molecule has 100 valence electrons. The van der Waals surface area contributed by atoms with Gasteiger partial charge in [-0.15, -0.1) is 0 Å². The van der Waals surface area contributed by atoms with Crippen LogP contribution in [0.5, 0.6) is 0 Å². The van der Waals surface area contributed by atoms with Crippen molar-refractivity contribution in [1.82, 2.24) is 10.2 Å². The number of urea groups is 1. The summed E-state index contributed by atoms with van der Waals surface area (Å²) in [4.78, 5) is 35.5. The minimum atomic E-state index is -0.521. The SMILES string of the molecule is CC(=O)CN1C(=O)N[C@@H](CCc2ccccc2)C1=O. The third kappa shape index (κ3) is 3.19. The van der Waals surface area contributed by atoms with Gasteiger partial charge in [0, 0.05) is 0 Å². The molecular formula is C14H16N2O3. The number of nitrogens with one attached hydrogen (secondary N) is 1. The highest BCUT2D eigenvalue weighted by Gasteiger charge is 2.37. The van der Waals surface area contributed by atoms with E-state index in [-0.39, 0.29) is 18.2 Å². The quantitative estimate of drug-likeness (QED) is 0.807. The summed E-state index contributed by atoms with van der Waals surface area (Å²) in [5.74, 6) is -0.511. The number of benzene rings is 1. The largest absolute Gasteiger partial charge is 0.326 e. The molecule has 0 saturated carbocycles. The van der Waals surface area contributed by atoms with Crippen molar-refractivity contribution >= 4 is 17.7 Å². The fourth-order valence-electron chi connectivity index (χ4n) is 2.10. The maximum absolute atomic E-state index is 12.0. The van der Waals surface area contributed by atoms with Crippen molar-refractivity contribution in [3.05, 3.63) is 35.9 Å². The molecule has 1 fully saturated rings. The Kier molecular flexibility index (Phi) is 3.94. The lowest BCUT2D eigenvalue weighted by atomic mass is 10.1. The summed E-state index contributed by atoms with van der Waals surface area (Å²) in [6.45, 7) is 1.21. The zero-order chi connectivity index (χ0) is 13.8. The van der Waals surface area contributed by atoms with Gasteiger partial charge in [-0.25, -0.2) is 4.79 Å². The number of carbonyl (C=O) groups is 3. The van der Waals surface area contributed by atoms with Crippen molar-refractivity contribution < 1.29 is 14.4 Å². The molecule has 1 aromatic rings. The second kappa shape index (κ2) is 5.65. The number of Topliss-reactive ketones (excluding diaryl/α,β-unsaturated/α-hetero) is 1. The first-order valence-corrected chi connectivity index (χ1v) is 6.23. The van der Waals surface area contributed by atoms with Crippen LogP contribution in [-0.4, -0.2) is 35.2 Å². The fourth-order valence-corrected chi connectivity index (χ4v) is 2.10. The van der Waals surface area contributed by atoms with E-state index in [1.165, 1.54) is 6.92 Å². The first kappa shape index (κ1) is 13.3. The van der Waals surface area contributed by atoms with Gasteiger partial charge in [-0.1, -0.05) is 30.3 Å². The van der Waals surface area contributed by atoms with E-state index in [1.807, 2.05) is 30.3 Å². The second-order valence-electron chi connectivity index (χ2n) is 4.65. The molecule has 0 aliphatic carbocycles. The number of ketones is 1. The van der Waals surface area contributed by atoms with Gasteiger partial charge in [-0.05, 0) is 25.3 Å². The van der Waals surface area contributed by atoms with Crippen molar-refractivity contribution in [3.63, 3.8) is 0 Å². The average molecular weight is 260 g/mol. The molecule has 3 amide bonds. The molecule has 0 bridgehead atoms. The van der Waals surface area contributed by atoms with Crippen molar-refractivity contribution in [3.8, 4) is 0 Å². The highest BCUT2D eigenvalue weighted by Crippen LogP contribution is 2.12. The molecule has 5 heteroatoms. The third-order valence-corrected chi connectivity index (χ3v) is 3.05. The summed E-state index contributed by atoms with van der Waals surface area (Å²) in [7, 11) is 0. The Bertz CT molecular complexity index is 499. The van der Waals surface area contributed by atoms with Crippen LogP contribution < -0.4 is 5.32 Å². The number of imide groups is 1. The van der Waals surface area contributed by atoms with E-state index in [0.717, 1.165) is 10.5 Å². The Morgan fingerprint density at radius 2 is 1.95 bits per heavy atom. The van der Waals surface area contributed by atoms with Gasteiger partial charge in [0.2, 0.25) is 0 Å². The van der Waals surface area contributed by atoms with Crippen LogP contribution >= 0.6 is 0 Å². The molecule has 0 unspecified atom stereocenters. The molecule has 1 aliphatic rings. The van der Waals surface area contributed by atoms with E-state index in [0.29, 0.717) is 12.8 Å². The molecule has 0 aromatic heterocycles. The molecule has 0 radical (unpaired) electrons. The van der Waals surface area contributed by atoms with Crippen LogP contribution in [0.3, 0.4) is 0 Å². The number of nitrogens with zero attached hydrogens (tertiary/aromatic N) is 1. The van der Waals surface area contributed by atoms with Crippen LogP contribution in [0.2, 0.25) is 0 Å². The molecule has 1 atom stereocenters. The lowest BCUT2D eigenvalue weighted by Crippen LogP contribution is -2.35. The van der Waals surface area contributed by atoms with E-state index in [2.05, 4.69) is 5.32 Å². The predicted octanol–water partition coefficient (Wildman–Crippen LogP) is 1.13. The van der Waals surface area contributed by atoms with Crippen LogP contribution in [0.15, 0.2) is 30.3 Å². The first-order chi connectivity index (χ1) is 9.08. The topological polar surface area (TPSA) is 66.5 Å². The molecule has 0 spiro atoms. The monoisotopic (exact) mass is 260 g/mol. The summed E-state index contributed by atoms with van der Waals surface area (Å²) in [5.41, 5.74) is 1.12. The van der Waals surface area contributed by atoms with Gasteiger partial charge < -0.3 is 5.32 Å². The maximum atomic E-state index is 12.0. The van der Waals surface area contributed by atoms with Gasteiger partial charge in [0.05, 0.1) is 6.54 Å². The van der Waals surface area contributed by atoms with Crippen molar-refractivity contribution in [1.29, 1.82) is 0 Å². The molecule has 1 aliphatic heterocycles. The Labute approximate surface area is 111 Å². The number of aryl methyl sites for hydroxylation is 1. The lowest BCUT2D eigenvalue weighted by molar-refractivity contribution is -0.131. The van der Waals surface area contributed by atoms with Gasteiger partial charge in [0.1, 0.15) is 11.8 Å². The summed E-state index contributed by atoms with van der Waals surface area (Å²) in [5, 5.41) is 2.61. The normalized spacial score (nSPS) is 18.6. The zero-order valence-corrected chi connectivity index (χ0v) is 10.8. The maximum Gasteiger partial charge on any atom is 0.325 e. The fraction of sp³-hybridized carbons (Fsp3) is 0.357. The second-order valence-corrected chi connectivity index (χ2v) is 4.65.